The number of alkyl carbamates (subject to hydrolysis) is 1. The molecule has 2 bridgehead atoms. The molecule has 2 heterocycles. The predicted octanol–water partition coefficient (Wildman–Crippen LogP) is 4.16. The molecule has 1 atom stereocenters. The minimum atomic E-state index is -1.14. The van der Waals surface area contributed by atoms with E-state index >= 15 is 0 Å². The second-order valence-electron chi connectivity index (χ2n) is 9.97. The summed E-state index contributed by atoms with van der Waals surface area (Å²) in [6, 6.07) is 15.3. The van der Waals surface area contributed by atoms with Crippen molar-refractivity contribution < 1.29 is 24.2 Å². The first-order chi connectivity index (χ1) is 16.3. The van der Waals surface area contributed by atoms with Crippen molar-refractivity contribution in [1.29, 1.82) is 0 Å². The Hall–Kier alpha value is -3.35. The molecule has 2 aromatic rings. The molecule has 2 amide bonds. The smallest absolute Gasteiger partial charge is 0.407 e. The van der Waals surface area contributed by atoms with Gasteiger partial charge in [0.25, 0.3) is 0 Å². The Kier molecular flexibility index (Phi) is 5.58. The molecule has 5 rings (SSSR count). The van der Waals surface area contributed by atoms with Crippen LogP contribution in [-0.4, -0.2) is 52.2 Å². The zero-order valence-electron chi connectivity index (χ0n) is 19.5. The fraction of sp³-hybridized carbons (Fsp3) is 0.444. The molecule has 0 radical (unpaired) electrons. The lowest BCUT2D eigenvalue weighted by molar-refractivity contribution is -0.156. The number of fused-ring (bicyclic) bond motifs is 5. The first kappa shape index (κ1) is 22.4. The molecular weight excluding hydrogens is 432 g/mol. The van der Waals surface area contributed by atoms with Crippen LogP contribution in [0, 0.1) is 5.92 Å². The Morgan fingerprint density at radius 1 is 1.03 bits per heavy atom. The van der Waals surface area contributed by atoms with Gasteiger partial charge in [0.2, 0.25) is 5.91 Å². The van der Waals surface area contributed by atoms with E-state index in [0.717, 1.165) is 22.3 Å². The van der Waals surface area contributed by atoms with E-state index in [1.165, 1.54) is 4.90 Å². The Morgan fingerprint density at radius 3 is 2.12 bits per heavy atom. The molecule has 2 aromatic carbocycles. The number of hydrogen-bond acceptors (Lipinski definition) is 4. The first-order valence-electron chi connectivity index (χ1n) is 12.0. The lowest BCUT2D eigenvalue weighted by Crippen LogP contribution is -2.58. The van der Waals surface area contributed by atoms with Crippen LogP contribution in [0.2, 0.25) is 0 Å². The second-order valence-corrected chi connectivity index (χ2v) is 9.97. The Morgan fingerprint density at radius 2 is 1.59 bits per heavy atom. The van der Waals surface area contributed by atoms with Gasteiger partial charge in [-0.05, 0) is 53.9 Å². The zero-order valence-corrected chi connectivity index (χ0v) is 19.5. The number of rotatable bonds is 6. The number of carbonyl (C=O) groups is 3. The number of benzene rings is 2. The maximum Gasteiger partial charge on any atom is 0.407 e. The monoisotopic (exact) mass is 462 g/mol. The maximum absolute atomic E-state index is 13.5. The van der Waals surface area contributed by atoms with E-state index < -0.39 is 23.6 Å². The van der Waals surface area contributed by atoms with Crippen molar-refractivity contribution in [3.63, 3.8) is 0 Å². The average Bonchev–Trinajstić information content (AvgIpc) is 3.49. The Bertz CT molecular complexity index is 1090. The van der Waals surface area contributed by atoms with E-state index in [0.29, 0.717) is 25.7 Å². The number of nitrogens with one attached hydrogen (secondary N) is 1. The molecule has 2 aliphatic heterocycles. The number of nitrogens with zero attached hydrogens (tertiary/aromatic N) is 1. The molecule has 1 aliphatic carbocycles. The van der Waals surface area contributed by atoms with E-state index in [-0.39, 0.29) is 30.4 Å². The molecular formula is C27H30N2O5. The van der Waals surface area contributed by atoms with Gasteiger partial charge >= 0.3 is 12.1 Å². The van der Waals surface area contributed by atoms with Gasteiger partial charge in [-0.3, -0.25) is 4.79 Å². The molecule has 178 valence electrons. The van der Waals surface area contributed by atoms with Crippen LogP contribution in [0.3, 0.4) is 0 Å². The predicted molar refractivity (Wildman–Crippen MR) is 126 cm³/mol. The van der Waals surface area contributed by atoms with Gasteiger partial charge in [-0.1, -0.05) is 62.4 Å². The molecule has 0 spiro atoms. The van der Waals surface area contributed by atoms with Gasteiger partial charge in [0.05, 0.1) is 0 Å². The van der Waals surface area contributed by atoms with Crippen LogP contribution < -0.4 is 5.32 Å². The highest BCUT2D eigenvalue weighted by atomic mass is 16.5. The average molecular weight is 463 g/mol. The summed E-state index contributed by atoms with van der Waals surface area (Å²) in [7, 11) is 0. The third kappa shape index (κ3) is 3.45. The van der Waals surface area contributed by atoms with Gasteiger partial charge in [-0.2, -0.15) is 0 Å². The largest absolute Gasteiger partial charge is 0.479 e. The third-order valence-corrected chi connectivity index (χ3v) is 7.79. The summed E-state index contributed by atoms with van der Waals surface area (Å²) in [6.45, 7) is 3.85. The molecule has 2 fully saturated rings. The topological polar surface area (TPSA) is 95.9 Å². The molecule has 3 aliphatic rings. The maximum atomic E-state index is 13.5. The number of carbonyl (C=O) groups excluding carboxylic acids is 2. The number of ether oxygens (including phenoxy) is 1. The van der Waals surface area contributed by atoms with Crippen molar-refractivity contribution in [1.82, 2.24) is 10.2 Å². The summed E-state index contributed by atoms with van der Waals surface area (Å²) in [6.07, 6.45) is 1.65. The molecule has 0 saturated carbocycles. The highest BCUT2D eigenvalue weighted by Crippen LogP contribution is 2.47. The van der Waals surface area contributed by atoms with Crippen LogP contribution in [0.4, 0.5) is 4.79 Å². The van der Waals surface area contributed by atoms with Crippen molar-refractivity contribution in [2.24, 2.45) is 5.92 Å². The fourth-order valence-corrected chi connectivity index (χ4v) is 6.07. The first-order valence-corrected chi connectivity index (χ1v) is 12.0. The van der Waals surface area contributed by atoms with Gasteiger partial charge < -0.3 is 20.1 Å². The number of hydrogen-bond donors (Lipinski definition) is 2. The van der Waals surface area contributed by atoms with Gasteiger partial charge in [0.15, 0.2) is 0 Å². The van der Waals surface area contributed by atoms with Crippen LogP contribution >= 0.6 is 0 Å². The van der Waals surface area contributed by atoms with Crippen molar-refractivity contribution in [2.75, 3.05) is 6.61 Å². The number of carboxylic acid groups (broad SMARTS) is 1. The van der Waals surface area contributed by atoms with Gasteiger partial charge in [-0.25, -0.2) is 9.59 Å². The highest BCUT2D eigenvalue weighted by Gasteiger charge is 2.59. The fourth-order valence-electron chi connectivity index (χ4n) is 6.07. The van der Waals surface area contributed by atoms with Crippen LogP contribution in [0.1, 0.15) is 56.6 Å². The summed E-state index contributed by atoms with van der Waals surface area (Å²) < 4.78 is 5.64. The highest BCUT2D eigenvalue weighted by molar-refractivity contribution is 5.93. The number of aliphatic carboxylic acids is 1. The van der Waals surface area contributed by atoms with E-state index in [9.17, 15) is 19.5 Å². The lowest BCUT2D eigenvalue weighted by Gasteiger charge is -2.35. The van der Waals surface area contributed by atoms with Crippen LogP contribution in [0.25, 0.3) is 11.1 Å². The summed E-state index contributed by atoms with van der Waals surface area (Å²) >= 11 is 0. The Labute approximate surface area is 199 Å². The van der Waals surface area contributed by atoms with E-state index in [1.54, 1.807) is 0 Å². The summed E-state index contributed by atoms with van der Waals surface area (Å²) in [4.78, 5) is 39.9. The van der Waals surface area contributed by atoms with Crippen LogP contribution in [0.5, 0.6) is 0 Å². The standard InChI is InChI=1S/C27H30N2O5/c1-16(2)23(24(30)29-17-11-13-27(29,14-12-17)25(31)32)28-26(33)34-15-22-20-9-5-3-7-18(20)19-8-4-6-10-21(19)22/h3-10,16-17,22-23H,11-15H2,1-2H3,(H,28,33)(H,31,32)/t17?,23-,27?/m0/s1. The molecule has 0 unspecified atom stereocenters. The summed E-state index contributed by atoms with van der Waals surface area (Å²) in [5.74, 6) is -1.56. The van der Waals surface area contributed by atoms with Crippen LogP contribution in [0.15, 0.2) is 48.5 Å². The Balaban J connectivity index is 1.29. The van der Waals surface area contributed by atoms with E-state index in [4.69, 9.17) is 4.74 Å². The minimum absolute atomic E-state index is 0.0731. The van der Waals surface area contributed by atoms with Crippen molar-refractivity contribution in [2.45, 2.75) is 63.1 Å². The van der Waals surface area contributed by atoms with E-state index in [2.05, 4.69) is 29.6 Å². The number of carboxylic acids is 1. The van der Waals surface area contributed by atoms with Crippen molar-refractivity contribution >= 4 is 18.0 Å². The molecule has 7 nitrogen and oxygen atoms in total. The SMILES string of the molecule is CC(C)[C@H](NC(=O)OCC1c2ccccc2-c2ccccc21)C(=O)N1C2CCC1(C(=O)O)CC2. The zero-order chi connectivity index (χ0) is 24.0. The molecule has 7 heteroatoms. The lowest BCUT2D eigenvalue weighted by atomic mass is 9.88. The second kappa shape index (κ2) is 8.46. The third-order valence-electron chi connectivity index (χ3n) is 7.79. The van der Waals surface area contributed by atoms with Gasteiger partial charge in [0.1, 0.15) is 18.2 Å². The molecule has 0 aromatic heterocycles. The molecule has 2 saturated heterocycles. The summed E-state index contributed by atoms with van der Waals surface area (Å²) in [5.41, 5.74) is 3.38. The quantitative estimate of drug-likeness (QED) is 0.672. The van der Waals surface area contributed by atoms with Crippen LogP contribution in [-0.2, 0) is 14.3 Å². The normalized spacial score (nSPS) is 23.5. The van der Waals surface area contributed by atoms with E-state index in [1.807, 2.05) is 38.1 Å². The molecule has 34 heavy (non-hydrogen) atoms. The van der Waals surface area contributed by atoms with Gasteiger partial charge in [-0.15, -0.1) is 0 Å². The number of amides is 2. The van der Waals surface area contributed by atoms with Gasteiger partial charge in [0, 0.05) is 12.0 Å². The molecule has 2 N–H and O–H groups in total. The van der Waals surface area contributed by atoms with Crippen molar-refractivity contribution in [3.8, 4) is 11.1 Å². The minimum Gasteiger partial charge on any atom is -0.479 e. The van der Waals surface area contributed by atoms with Crippen molar-refractivity contribution in [3.05, 3.63) is 59.7 Å². The summed E-state index contributed by atoms with van der Waals surface area (Å²) in [5, 5.41) is 12.6.